The van der Waals surface area contributed by atoms with Gasteiger partial charge in [0.25, 0.3) is 0 Å². The Morgan fingerprint density at radius 2 is 2.07 bits per heavy atom. The number of aromatic nitrogens is 1. The summed E-state index contributed by atoms with van der Waals surface area (Å²) in [5.41, 5.74) is 1.31. The van der Waals surface area contributed by atoms with Gasteiger partial charge >= 0.3 is 5.97 Å². The molecule has 7 nitrogen and oxygen atoms in total. The number of rotatable bonds is 7. The van der Waals surface area contributed by atoms with E-state index in [1.807, 2.05) is 12.3 Å². The number of esters is 1. The maximum absolute atomic E-state index is 13.3. The standard InChI is InChI=1S/C20H25FN4O3S/c1-3-28-20(27)19-23-17(13-29-19)12-24-7-9-25(10-8-24)14(2)18(26)22-16-6-4-5-15(21)11-16/h4-6,11,13-14H,3,7-10,12H2,1-2H3,(H,22,26)/t14-/m1/s1. The lowest BCUT2D eigenvalue weighted by Gasteiger charge is -2.37. The summed E-state index contributed by atoms with van der Waals surface area (Å²) in [6.07, 6.45) is 0. The molecule has 0 unspecified atom stereocenters. The van der Waals surface area contributed by atoms with Gasteiger partial charge in [-0.2, -0.15) is 0 Å². The molecule has 0 saturated carbocycles. The second kappa shape index (κ2) is 9.91. The summed E-state index contributed by atoms with van der Waals surface area (Å²) in [7, 11) is 0. The smallest absolute Gasteiger partial charge is 0.367 e. The summed E-state index contributed by atoms with van der Waals surface area (Å²) in [4.78, 5) is 32.9. The number of benzene rings is 1. The van der Waals surface area contributed by atoms with Crippen LogP contribution in [0.2, 0.25) is 0 Å². The Balaban J connectivity index is 1.47. The first-order chi connectivity index (χ1) is 14.0. The van der Waals surface area contributed by atoms with Crippen LogP contribution in [0.25, 0.3) is 0 Å². The summed E-state index contributed by atoms with van der Waals surface area (Å²) in [6, 6.07) is 5.58. The van der Waals surface area contributed by atoms with Gasteiger partial charge < -0.3 is 10.1 Å². The molecule has 2 heterocycles. The number of ether oxygens (including phenoxy) is 1. The van der Waals surface area contributed by atoms with E-state index in [0.717, 1.165) is 31.9 Å². The van der Waals surface area contributed by atoms with Crippen LogP contribution in [0, 0.1) is 5.82 Å². The van der Waals surface area contributed by atoms with E-state index in [1.54, 1.807) is 19.1 Å². The molecule has 0 bridgehead atoms. The molecule has 2 aromatic rings. The van der Waals surface area contributed by atoms with Crippen molar-refractivity contribution < 1.29 is 18.7 Å². The Labute approximate surface area is 173 Å². The molecule has 9 heteroatoms. The molecule has 1 aromatic heterocycles. The Hall–Kier alpha value is -2.36. The molecule has 1 aliphatic heterocycles. The molecule has 0 aliphatic carbocycles. The van der Waals surface area contributed by atoms with Crippen LogP contribution >= 0.6 is 11.3 Å². The van der Waals surface area contributed by atoms with Crippen molar-refractivity contribution in [3.8, 4) is 0 Å². The molecule has 0 radical (unpaired) electrons. The van der Waals surface area contributed by atoms with Gasteiger partial charge in [-0.25, -0.2) is 14.2 Å². The van der Waals surface area contributed by atoms with E-state index >= 15 is 0 Å². The highest BCUT2D eigenvalue weighted by Gasteiger charge is 2.26. The Morgan fingerprint density at radius 1 is 1.31 bits per heavy atom. The van der Waals surface area contributed by atoms with Crippen LogP contribution in [0.15, 0.2) is 29.6 Å². The SMILES string of the molecule is CCOC(=O)c1nc(CN2CCN([C@H](C)C(=O)Nc3cccc(F)c3)CC2)cs1. The predicted molar refractivity (Wildman–Crippen MR) is 109 cm³/mol. The van der Waals surface area contributed by atoms with Gasteiger partial charge in [0.05, 0.1) is 18.3 Å². The number of carbonyl (C=O) groups is 2. The van der Waals surface area contributed by atoms with Crippen molar-refractivity contribution in [1.82, 2.24) is 14.8 Å². The molecule has 1 saturated heterocycles. The summed E-state index contributed by atoms with van der Waals surface area (Å²) in [5.74, 6) is -0.911. The number of piperazine rings is 1. The van der Waals surface area contributed by atoms with Gasteiger partial charge in [-0.1, -0.05) is 6.07 Å². The van der Waals surface area contributed by atoms with Crippen molar-refractivity contribution in [2.24, 2.45) is 0 Å². The fourth-order valence-electron chi connectivity index (χ4n) is 3.18. The maximum atomic E-state index is 13.3. The Kier molecular flexibility index (Phi) is 7.29. The van der Waals surface area contributed by atoms with Gasteiger partial charge in [-0.05, 0) is 32.0 Å². The van der Waals surface area contributed by atoms with Gasteiger partial charge in [-0.3, -0.25) is 14.6 Å². The van der Waals surface area contributed by atoms with Crippen molar-refractivity contribution in [3.05, 3.63) is 46.2 Å². The number of carbonyl (C=O) groups excluding carboxylic acids is 2. The highest BCUT2D eigenvalue weighted by atomic mass is 32.1. The normalized spacial score (nSPS) is 16.4. The van der Waals surface area contributed by atoms with Crippen molar-refractivity contribution in [2.45, 2.75) is 26.4 Å². The van der Waals surface area contributed by atoms with E-state index in [9.17, 15) is 14.0 Å². The zero-order chi connectivity index (χ0) is 20.8. The molecule has 1 N–H and O–H groups in total. The Morgan fingerprint density at radius 3 is 2.76 bits per heavy atom. The fourth-order valence-corrected chi connectivity index (χ4v) is 3.88. The molecular formula is C20H25FN4O3S. The van der Waals surface area contributed by atoms with Crippen molar-refractivity contribution in [2.75, 3.05) is 38.1 Å². The first-order valence-electron chi connectivity index (χ1n) is 9.60. The van der Waals surface area contributed by atoms with E-state index in [4.69, 9.17) is 4.74 Å². The zero-order valence-corrected chi connectivity index (χ0v) is 17.4. The number of hydrogen-bond donors (Lipinski definition) is 1. The highest BCUT2D eigenvalue weighted by molar-refractivity contribution is 7.11. The number of anilines is 1. The van der Waals surface area contributed by atoms with Gasteiger partial charge in [0.15, 0.2) is 0 Å². The second-order valence-electron chi connectivity index (χ2n) is 6.85. The highest BCUT2D eigenvalue weighted by Crippen LogP contribution is 2.16. The number of hydrogen-bond acceptors (Lipinski definition) is 7. The lowest BCUT2D eigenvalue weighted by Crippen LogP contribution is -2.52. The molecule has 1 fully saturated rings. The lowest BCUT2D eigenvalue weighted by molar-refractivity contribution is -0.121. The Bertz CT molecular complexity index is 852. The summed E-state index contributed by atoms with van der Waals surface area (Å²) in [6.45, 7) is 7.70. The minimum atomic E-state index is -0.383. The molecule has 1 atom stereocenters. The average molecular weight is 421 g/mol. The predicted octanol–water partition coefficient (Wildman–Crippen LogP) is 2.60. The van der Waals surface area contributed by atoms with Gasteiger partial charge in [-0.15, -0.1) is 11.3 Å². The number of nitrogens with zero attached hydrogens (tertiary/aromatic N) is 3. The third-order valence-electron chi connectivity index (χ3n) is 4.81. The van der Waals surface area contributed by atoms with Crippen LogP contribution in [0.1, 0.15) is 29.3 Å². The average Bonchev–Trinajstić information content (AvgIpc) is 3.17. The number of thiazole rings is 1. The topological polar surface area (TPSA) is 74.8 Å². The van der Waals surface area contributed by atoms with Crippen molar-refractivity contribution >= 4 is 28.9 Å². The van der Waals surface area contributed by atoms with Gasteiger partial charge in [0.2, 0.25) is 10.9 Å². The number of nitrogens with one attached hydrogen (secondary N) is 1. The zero-order valence-electron chi connectivity index (χ0n) is 16.6. The van der Waals surface area contributed by atoms with Crippen LogP contribution in [-0.4, -0.2) is 65.5 Å². The monoisotopic (exact) mass is 420 g/mol. The minimum absolute atomic E-state index is 0.150. The van der Waals surface area contributed by atoms with Gasteiger partial charge in [0, 0.05) is 43.8 Å². The van der Waals surface area contributed by atoms with E-state index < -0.39 is 0 Å². The van der Waals surface area contributed by atoms with Crippen LogP contribution in [-0.2, 0) is 16.1 Å². The van der Waals surface area contributed by atoms with Crippen LogP contribution in [0.5, 0.6) is 0 Å². The maximum Gasteiger partial charge on any atom is 0.367 e. The first-order valence-corrected chi connectivity index (χ1v) is 10.5. The van der Waals surface area contributed by atoms with Gasteiger partial charge in [0.1, 0.15) is 5.82 Å². The lowest BCUT2D eigenvalue weighted by atomic mass is 10.2. The van der Waals surface area contributed by atoms with E-state index in [1.165, 1.54) is 23.5 Å². The largest absolute Gasteiger partial charge is 0.461 e. The van der Waals surface area contributed by atoms with E-state index in [0.29, 0.717) is 23.8 Å². The van der Waals surface area contributed by atoms with Crippen molar-refractivity contribution in [1.29, 1.82) is 0 Å². The van der Waals surface area contributed by atoms with Crippen LogP contribution < -0.4 is 5.32 Å². The second-order valence-corrected chi connectivity index (χ2v) is 7.71. The fraction of sp³-hybridized carbons (Fsp3) is 0.450. The molecule has 29 heavy (non-hydrogen) atoms. The first kappa shape index (κ1) is 21.4. The van der Waals surface area contributed by atoms with Crippen LogP contribution in [0.3, 0.4) is 0 Å². The molecule has 0 spiro atoms. The minimum Gasteiger partial charge on any atom is -0.461 e. The molecule has 1 aromatic carbocycles. The molecule has 3 rings (SSSR count). The molecule has 1 amide bonds. The molecular weight excluding hydrogens is 395 g/mol. The third-order valence-corrected chi connectivity index (χ3v) is 5.68. The summed E-state index contributed by atoms with van der Waals surface area (Å²) < 4.78 is 18.3. The quantitative estimate of drug-likeness (QED) is 0.694. The third kappa shape index (κ3) is 5.81. The number of amides is 1. The van der Waals surface area contributed by atoms with Crippen molar-refractivity contribution in [3.63, 3.8) is 0 Å². The number of halogens is 1. The van der Waals surface area contributed by atoms with E-state index in [2.05, 4.69) is 20.1 Å². The summed E-state index contributed by atoms with van der Waals surface area (Å²) >= 11 is 1.30. The van der Waals surface area contributed by atoms with E-state index in [-0.39, 0.29) is 23.7 Å². The summed E-state index contributed by atoms with van der Waals surface area (Å²) in [5, 5.41) is 5.03. The molecule has 1 aliphatic rings. The molecule has 156 valence electrons. The van der Waals surface area contributed by atoms with Crippen LogP contribution in [0.4, 0.5) is 10.1 Å².